The maximum Gasteiger partial charge on any atom is 0.123 e. The molecule has 0 fully saturated rings. The van der Waals surface area contributed by atoms with E-state index in [1.165, 1.54) is 24.3 Å². The van der Waals surface area contributed by atoms with Crippen molar-refractivity contribution in [2.24, 2.45) is 0 Å². The Balaban J connectivity index is 2.38. The highest BCUT2D eigenvalue weighted by Gasteiger charge is 2.14. The molecular weight excluding hydrogens is 233 g/mol. The number of hydrogen-bond donors (Lipinski definition) is 2. The Morgan fingerprint density at radius 3 is 2.44 bits per heavy atom. The zero-order valence-electron chi connectivity index (χ0n) is 9.93. The molecule has 0 aliphatic rings. The Morgan fingerprint density at radius 2 is 1.83 bits per heavy atom. The number of aliphatic hydroxyl groups excluding tert-OH is 1. The van der Waals surface area contributed by atoms with Crippen LogP contribution in [-0.2, 0) is 0 Å². The monoisotopic (exact) mass is 247 g/mol. The Morgan fingerprint density at radius 1 is 1.17 bits per heavy atom. The minimum atomic E-state index is -0.902. The molecular formula is C14H14FNO2. The number of methoxy groups -OCH3 is 1. The van der Waals surface area contributed by atoms with Gasteiger partial charge in [-0.25, -0.2) is 4.39 Å². The molecule has 0 aromatic heterocycles. The van der Waals surface area contributed by atoms with Gasteiger partial charge in [-0.2, -0.15) is 0 Å². The summed E-state index contributed by atoms with van der Waals surface area (Å²) in [7, 11) is 1.54. The van der Waals surface area contributed by atoms with Gasteiger partial charge in [0.25, 0.3) is 0 Å². The second kappa shape index (κ2) is 5.06. The lowest BCUT2D eigenvalue weighted by Gasteiger charge is -2.15. The zero-order chi connectivity index (χ0) is 13.1. The molecule has 2 rings (SSSR count). The van der Waals surface area contributed by atoms with Gasteiger partial charge < -0.3 is 15.6 Å². The zero-order valence-corrected chi connectivity index (χ0v) is 9.93. The van der Waals surface area contributed by atoms with Gasteiger partial charge in [0.15, 0.2) is 0 Å². The highest BCUT2D eigenvalue weighted by Crippen LogP contribution is 2.29. The van der Waals surface area contributed by atoms with Crippen molar-refractivity contribution < 1.29 is 14.2 Å². The number of anilines is 1. The van der Waals surface area contributed by atoms with E-state index < -0.39 is 6.10 Å². The number of nitrogen functional groups attached to an aromatic ring is 1. The van der Waals surface area contributed by atoms with Crippen LogP contribution >= 0.6 is 0 Å². The van der Waals surface area contributed by atoms with E-state index in [0.717, 1.165) is 0 Å². The van der Waals surface area contributed by atoms with Crippen molar-refractivity contribution in [1.82, 2.24) is 0 Å². The van der Waals surface area contributed by atoms with E-state index in [1.54, 1.807) is 25.3 Å². The SMILES string of the molecule is COc1ccc(N)c(C(O)c2ccc(F)cc2)c1. The largest absolute Gasteiger partial charge is 0.497 e. The van der Waals surface area contributed by atoms with Crippen molar-refractivity contribution in [3.63, 3.8) is 0 Å². The van der Waals surface area contributed by atoms with Gasteiger partial charge in [-0.15, -0.1) is 0 Å². The molecule has 3 N–H and O–H groups in total. The predicted molar refractivity (Wildman–Crippen MR) is 67.9 cm³/mol. The van der Waals surface area contributed by atoms with E-state index >= 15 is 0 Å². The van der Waals surface area contributed by atoms with Crippen molar-refractivity contribution in [2.75, 3.05) is 12.8 Å². The fourth-order valence-corrected chi connectivity index (χ4v) is 1.74. The molecule has 4 heteroatoms. The van der Waals surface area contributed by atoms with Crippen LogP contribution in [-0.4, -0.2) is 12.2 Å². The lowest BCUT2D eigenvalue weighted by atomic mass is 10.00. The van der Waals surface area contributed by atoms with Gasteiger partial charge >= 0.3 is 0 Å². The first-order valence-corrected chi connectivity index (χ1v) is 5.48. The summed E-state index contributed by atoms with van der Waals surface area (Å²) in [6, 6.07) is 10.7. The Kier molecular flexibility index (Phi) is 3.48. The standard InChI is InChI=1S/C14H14FNO2/c1-18-11-6-7-13(16)12(8-11)14(17)9-2-4-10(15)5-3-9/h2-8,14,17H,16H2,1H3. The van der Waals surface area contributed by atoms with Gasteiger partial charge in [-0.1, -0.05) is 12.1 Å². The van der Waals surface area contributed by atoms with Gasteiger partial charge in [0.05, 0.1) is 7.11 Å². The molecule has 1 unspecified atom stereocenters. The highest BCUT2D eigenvalue weighted by molar-refractivity contribution is 5.53. The third kappa shape index (κ3) is 2.43. The summed E-state index contributed by atoms with van der Waals surface area (Å²) in [6.07, 6.45) is -0.902. The summed E-state index contributed by atoms with van der Waals surface area (Å²) >= 11 is 0. The van der Waals surface area contributed by atoms with Crippen molar-refractivity contribution in [1.29, 1.82) is 0 Å². The van der Waals surface area contributed by atoms with Crippen molar-refractivity contribution in [3.05, 3.63) is 59.4 Å². The van der Waals surface area contributed by atoms with Crippen LogP contribution in [0.5, 0.6) is 5.75 Å². The molecule has 0 aliphatic heterocycles. The third-order valence-electron chi connectivity index (χ3n) is 2.77. The number of aliphatic hydroxyl groups is 1. The van der Waals surface area contributed by atoms with Gasteiger partial charge in [0.2, 0.25) is 0 Å². The molecule has 0 saturated carbocycles. The fourth-order valence-electron chi connectivity index (χ4n) is 1.74. The van der Waals surface area contributed by atoms with E-state index in [4.69, 9.17) is 10.5 Å². The number of nitrogens with two attached hydrogens (primary N) is 1. The van der Waals surface area contributed by atoms with Gasteiger partial charge in [0.1, 0.15) is 17.7 Å². The first-order valence-electron chi connectivity index (χ1n) is 5.48. The molecule has 18 heavy (non-hydrogen) atoms. The number of benzene rings is 2. The normalized spacial score (nSPS) is 12.2. The molecule has 3 nitrogen and oxygen atoms in total. The third-order valence-corrected chi connectivity index (χ3v) is 2.77. The average molecular weight is 247 g/mol. The quantitative estimate of drug-likeness (QED) is 0.819. The maximum atomic E-state index is 12.8. The van der Waals surface area contributed by atoms with Crippen molar-refractivity contribution in [2.45, 2.75) is 6.10 Å². The van der Waals surface area contributed by atoms with Crippen LogP contribution in [0.1, 0.15) is 17.2 Å². The van der Waals surface area contributed by atoms with Crippen LogP contribution < -0.4 is 10.5 Å². The molecule has 0 amide bonds. The summed E-state index contributed by atoms with van der Waals surface area (Å²) in [5.41, 5.74) is 7.41. The van der Waals surface area contributed by atoms with Gasteiger partial charge in [-0.3, -0.25) is 0 Å². The van der Waals surface area contributed by atoms with Gasteiger partial charge in [0, 0.05) is 11.3 Å². The van der Waals surface area contributed by atoms with Crippen LogP contribution in [0.15, 0.2) is 42.5 Å². The molecule has 2 aromatic carbocycles. The van der Waals surface area contributed by atoms with E-state index in [-0.39, 0.29) is 5.82 Å². The van der Waals surface area contributed by atoms with E-state index in [2.05, 4.69) is 0 Å². The van der Waals surface area contributed by atoms with E-state index in [1.807, 2.05) is 0 Å². The van der Waals surface area contributed by atoms with Crippen LogP contribution in [0, 0.1) is 5.82 Å². The fraction of sp³-hybridized carbons (Fsp3) is 0.143. The van der Waals surface area contributed by atoms with Crippen LogP contribution in [0.25, 0.3) is 0 Å². The minimum Gasteiger partial charge on any atom is -0.497 e. The first kappa shape index (κ1) is 12.4. The van der Waals surface area contributed by atoms with Crippen LogP contribution in [0.4, 0.5) is 10.1 Å². The summed E-state index contributed by atoms with van der Waals surface area (Å²) < 4.78 is 17.9. The van der Waals surface area contributed by atoms with Crippen molar-refractivity contribution >= 4 is 5.69 Å². The number of halogens is 1. The van der Waals surface area contributed by atoms with E-state index in [9.17, 15) is 9.50 Å². The Labute approximate surface area is 105 Å². The topological polar surface area (TPSA) is 55.5 Å². The van der Waals surface area contributed by atoms with Crippen molar-refractivity contribution in [3.8, 4) is 5.75 Å². The summed E-state index contributed by atoms with van der Waals surface area (Å²) in [5.74, 6) is 0.268. The summed E-state index contributed by atoms with van der Waals surface area (Å²) in [6.45, 7) is 0. The maximum absolute atomic E-state index is 12.8. The molecule has 0 spiro atoms. The first-order chi connectivity index (χ1) is 8.61. The number of rotatable bonds is 3. The lowest BCUT2D eigenvalue weighted by Crippen LogP contribution is -2.04. The molecule has 0 aliphatic carbocycles. The highest BCUT2D eigenvalue weighted by atomic mass is 19.1. The predicted octanol–water partition coefficient (Wildman–Crippen LogP) is 2.50. The minimum absolute atomic E-state index is 0.343. The average Bonchev–Trinajstić information content (AvgIpc) is 2.39. The molecule has 0 heterocycles. The summed E-state index contributed by atoms with van der Waals surface area (Å²) in [5, 5.41) is 10.2. The smallest absolute Gasteiger partial charge is 0.123 e. The second-order valence-corrected chi connectivity index (χ2v) is 3.95. The molecule has 1 atom stereocenters. The molecule has 0 bridgehead atoms. The molecule has 0 radical (unpaired) electrons. The Hall–Kier alpha value is -2.07. The number of ether oxygens (including phenoxy) is 1. The summed E-state index contributed by atoms with van der Waals surface area (Å²) in [4.78, 5) is 0. The molecule has 2 aromatic rings. The van der Waals surface area contributed by atoms with Gasteiger partial charge in [-0.05, 0) is 35.9 Å². The van der Waals surface area contributed by atoms with Crippen LogP contribution in [0.3, 0.4) is 0 Å². The van der Waals surface area contributed by atoms with Crippen LogP contribution in [0.2, 0.25) is 0 Å². The Bertz CT molecular complexity index is 540. The molecule has 0 saturated heterocycles. The van der Waals surface area contributed by atoms with E-state index in [0.29, 0.717) is 22.6 Å². The number of hydrogen-bond acceptors (Lipinski definition) is 3. The lowest BCUT2D eigenvalue weighted by molar-refractivity contribution is 0.220. The molecule has 94 valence electrons. The second-order valence-electron chi connectivity index (χ2n) is 3.95.